The van der Waals surface area contributed by atoms with Gasteiger partial charge in [0.15, 0.2) is 11.0 Å². The molecule has 2 heterocycles. The summed E-state index contributed by atoms with van der Waals surface area (Å²) in [5, 5.41) is 12.5. The van der Waals surface area contributed by atoms with Crippen LogP contribution in [0.5, 0.6) is 5.75 Å². The van der Waals surface area contributed by atoms with Crippen molar-refractivity contribution in [1.29, 1.82) is 0 Å². The van der Waals surface area contributed by atoms with E-state index in [-0.39, 0.29) is 18.5 Å². The Hall–Kier alpha value is -2.55. The number of hydrogen-bond acceptors (Lipinski definition) is 6. The molecule has 0 unspecified atom stereocenters. The van der Waals surface area contributed by atoms with Crippen LogP contribution in [0.1, 0.15) is 44.6 Å². The highest BCUT2D eigenvalue weighted by Crippen LogP contribution is 2.36. The predicted octanol–water partition coefficient (Wildman–Crippen LogP) is 3.49. The Morgan fingerprint density at radius 1 is 1.13 bits per heavy atom. The van der Waals surface area contributed by atoms with E-state index in [0.717, 1.165) is 47.3 Å². The van der Waals surface area contributed by atoms with Crippen LogP contribution in [0.2, 0.25) is 0 Å². The Morgan fingerprint density at radius 3 is 2.57 bits per heavy atom. The van der Waals surface area contributed by atoms with Crippen LogP contribution in [0.25, 0.3) is 11.4 Å². The Bertz CT molecular complexity index is 877. The summed E-state index contributed by atoms with van der Waals surface area (Å²) in [4.78, 5) is 24.7. The molecule has 0 radical (unpaired) electrons. The fraction of sp³-hybridized carbons (Fsp3) is 0.524. The van der Waals surface area contributed by atoms with Crippen LogP contribution in [0.3, 0.4) is 0 Å². The Morgan fingerprint density at radius 2 is 1.90 bits per heavy atom. The van der Waals surface area contributed by atoms with Crippen LogP contribution >= 0.6 is 11.8 Å². The first-order valence-electron chi connectivity index (χ1n) is 10.5. The zero-order valence-electron chi connectivity index (χ0n) is 17.2. The van der Waals surface area contributed by atoms with Crippen molar-refractivity contribution in [3.63, 3.8) is 0 Å². The molecule has 1 N–H and O–H groups in total. The molecule has 1 aromatic carbocycles. The Kier molecular flexibility index (Phi) is 6.56. The summed E-state index contributed by atoms with van der Waals surface area (Å²) in [6.45, 7) is 0.535. The molecule has 2 fully saturated rings. The van der Waals surface area contributed by atoms with E-state index >= 15 is 0 Å². The number of benzene rings is 1. The average Bonchev–Trinajstić information content (AvgIpc) is 3.35. The van der Waals surface area contributed by atoms with Gasteiger partial charge in [-0.3, -0.25) is 14.3 Å². The number of nitrogens with one attached hydrogen (secondary N) is 1. The summed E-state index contributed by atoms with van der Waals surface area (Å²) >= 11 is 1.64. The van der Waals surface area contributed by atoms with Gasteiger partial charge >= 0.3 is 6.03 Å². The molecular weight excluding hydrogens is 402 g/mol. The number of carbonyl (C=O) groups excluding carboxylic acids is 2. The molecule has 1 saturated heterocycles. The molecule has 0 atom stereocenters. The van der Waals surface area contributed by atoms with Gasteiger partial charge in [0.2, 0.25) is 5.91 Å². The number of ether oxygens (including phenoxy) is 1. The molecule has 0 spiro atoms. The molecule has 0 bridgehead atoms. The van der Waals surface area contributed by atoms with E-state index in [1.54, 1.807) is 18.9 Å². The first-order valence-corrected chi connectivity index (χ1v) is 11.5. The highest BCUT2D eigenvalue weighted by molar-refractivity contribution is 7.99. The Labute approximate surface area is 180 Å². The third-order valence-electron chi connectivity index (χ3n) is 5.65. The van der Waals surface area contributed by atoms with Gasteiger partial charge in [-0.2, -0.15) is 0 Å². The van der Waals surface area contributed by atoms with Crippen LogP contribution in [0.15, 0.2) is 29.4 Å². The highest BCUT2D eigenvalue weighted by atomic mass is 32.2. The summed E-state index contributed by atoms with van der Waals surface area (Å²) in [5.41, 5.74) is 1.03. The summed E-state index contributed by atoms with van der Waals surface area (Å²) in [6, 6.07) is 8.04. The number of aromatic nitrogens is 3. The molecule has 2 aliphatic rings. The number of methoxy groups -OCH3 is 1. The third-order valence-corrected chi connectivity index (χ3v) is 6.68. The van der Waals surface area contributed by atoms with Crippen LogP contribution in [-0.2, 0) is 4.79 Å². The minimum absolute atomic E-state index is 0.104. The number of carbonyl (C=O) groups is 2. The Balaban J connectivity index is 1.48. The van der Waals surface area contributed by atoms with Gasteiger partial charge < -0.3 is 10.1 Å². The van der Waals surface area contributed by atoms with Crippen molar-refractivity contribution in [2.75, 3.05) is 26.0 Å². The second kappa shape index (κ2) is 9.51. The van der Waals surface area contributed by atoms with Gasteiger partial charge in [-0.05, 0) is 43.5 Å². The highest BCUT2D eigenvalue weighted by Gasteiger charge is 2.28. The zero-order valence-corrected chi connectivity index (χ0v) is 18.0. The molecule has 8 nitrogen and oxygen atoms in total. The molecular formula is C21H27N5O3S. The number of rotatable bonds is 8. The lowest BCUT2D eigenvalue weighted by Crippen LogP contribution is -2.32. The molecule has 30 heavy (non-hydrogen) atoms. The van der Waals surface area contributed by atoms with Crippen LogP contribution in [0, 0.1) is 0 Å². The van der Waals surface area contributed by atoms with Crippen molar-refractivity contribution in [3.8, 4) is 17.1 Å². The van der Waals surface area contributed by atoms with E-state index in [9.17, 15) is 9.59 Å². The minimum Gasteiger partial charge on any atom is -0.497 e. The summed E-state index contributed by atoms with van der Waals surface area (Å²) in [5.74, 6) is 2.32. The first kappa shape index (κ1) is 20.7. The lowest BCUT2D eigenvalue weighted by atomic mass is 9.95. The number of thioether (sulfide) groups is 1. The van der Waals surface area contributed by atoms with Crippen LogP contribution < -0.4 is 10.1 Å². The lowest BCUT2D eigenvalue weighted by Gasteiger charge is -2.25. The summed E-state index contributed by atoms with van der Waals surface area (Å²) in [6.07, 6.45) is 6.72. The first-order chi connectivity index (χ1) is 14.7. The van der Waals surface area contributed by atoms with Crippen LogP contribution in [0.4, 0.5) is 4.79 Å². The van der Waals surface area contributed by atoms with Crippen molar-refractivity contribution < 1.29 is 14.3 Å². The van der Waals surface area contributed by atoms with Gasteiger partial charge in [-0.1, -0.05) is 31.0 Å². The van der Waals surface area contributed by atoms with Crippen molar-refractivity contribution in [2.24, 2.45) is 0 Å². The SMILES string of the molecule is COc1ccc(-c2nnc(SCCCN3C(=O)CNC3=O)n2C2CCCCC2)cc1. The summed E-state index contributed by atoms with van der Waals surface area (Å²) in [7, 11) is 1.66. The molecule has 160 valence electrons. The second-order valence-corrected chi connectivity index (χ2v) is 8.66. The van der Waals surface area contributed by atoms with Gasteiger partial charge in [0, 0.05) is 23.9 Å². The number of hydrogen-bond donors (Lipinski definition) is 1. The van der Waals surface area contributed by atoms with Crippen molar-refractivity contribution >= 4 is 23.7 Å². The van der Waals surface area contributed by atoms with Crippen molar-refractivity contribution in [2.45, 2.75) is 49.7 Å². The predicted molar refractivity (Wildman–Crippen MR) is 115 cm³/mol. The quantitative estimate of drug-likeness (QED) is 0.393. The molecule has 9 heteroatoms. The maximum absolute atomic E-state index is 11.7. The second-order valence-electron chi connectivity index (χ2n) is 7.60. The maximum atomic E-state index is 11.7. The standard InChI is InChI=1S/C21H27N5O3S/c1-29-17-10-8-15(9-11-17)19-23-24-21(26(19)16-6-3-2-4-7-16)30-13-5-12-25-18(27)14-22-20(25)28/h8-11,16H,2-7,12-14H2,1H3,(H,22,28). The molecule has 1 aliphatic carbocycles. The largest absolute Gasteiger partial charge is 0.497 e. The van der Waals surface area contributed by atoms with Crippen molar-refractivity contribution in [1.82, 2.24) is 25.0 Å². The number of nitrogens with zero attached hydrogens (tertiary/aromatic N) is 4. The molecule has 3 amide bonds. The van der Waals surface area contributed by atoms with Gasteiger partial charge in [-0.25, -0.2) is 4.79 Å². The van der Waals surface area contributed by atoms with Crippen LogP contribution in [-0.4, -0.2) is 57.6 Å². The monoisotopic (exact) mass is 429 g/mol. The fourth-order valence-corrected chi connectivity index (χ4v) is 4.98. The van der Waals surface area contributed by atoms with E-state index in [1.807, 2.05) is 24.3 Å². The number of urea groups is 1. The van der Waals surface area contributed by atoms with E-state index in [4.69, 9.17) is 4.74 Å². The number of amides is 3. The van der Waals surface area contributed by atoms with E-state index in [1.165, 1.54) is 24.2 Å². The third kappa shape index (κ3) is 4.45. The normalized spacial score (nSPS) is 17.4. The topological polar surface area (TPSA) is 89.4 Å². The van der Waals surface area contributed by atoms with E-state index < -0.39 is 0 Å². The van der Waals surface area contributed by atoms with Gasteiger partial charge in [-0.15, -0.1) is 10.2 Å². The maximum Gasteiger partial charge on any atom is 0.324 e. The fourth-order valence-electron chi connectivity index (χ4n) is 4.05. The average molecular weight is 430 g/mol. The van der Waals surface area contributed by atoms with E-state index in [2.05, 4.69) is 20.1 Å². The molecule has 4 rings (SSSR count). The molecule has 1 aromatic heterocycles. The van der Waals surface area contributed by atoms with Gasteiger partial charge in [0.25, 0.3) is 0 Å². The number of imide groups is 1. The molecule has 1 saturated carbocycles. The molecule has 2 aromatic rings. The zero-order chi connectivity index (χ0) is 20.9. The lowest BCUT2D eigenvalue weighted by molar-refractivity contribution is -0.124. The summed E-state index contributed by atoms with van der Waals surface area (Å²) < 4.78 is 7.57. The van der Waals surface area contributed by atoms with Gasteiger partial charge in [0.05, 0.1) is 13.7 Å². The minimum atomic E-state index is -0.294. The van der Waals surface area contributed by atoms with E-state index in [0.29, 0.717) is 12.6 Å². The molecule has 1 aliphatic heterocycles. The van der Waals surface area contributed by atoms with Gasteiger partial charge in [0.1, 0.15) is 5.75 Å². The smallest absolute Gasteiger partial charge is 0.324 e. The van der Waals surface area contributed by atoms with Crippen molar-refractivity contribution in [3.05, 3.63) is 24.3 Å².